The first-order valence-electron chi connectivity index (χ1n) is 10.3. The molecule has 0 bridgehead atoms. The van der Waals surface area contributed by atoms with Crippen LogP contribution in [0.25, 0.3) is 0 Å². The Hall–Kier alpha value is -1.47. The van der Waals surface area contributed by atoms with Crippen LogP contribution in [0.2, 0.25) is 0 Å². The highest BCUT2D eigenvalue weighted by Gasteiger charge is 2.31. The fourth-order valence-corrected chi connectivity index (χ4v) is 4.60. The van der Waals surface area contributed by atoms with E-state index in [1.54, 1.807) is 0 Å². The van der Waals surface area contributed by atoms with E-state index in [4.69, 9.17) is 4.74 Å². The van der Waals surface area contributed by atoms with E-state index in [0.717, 1.165) is 58.7 Å². The minimum Gasteiger partial charge on any atom is -0.390 e. The van der Waals surface area contributed by atoms with Gasteiger partial charge in [-0.3, -0.25) is 14.6 Å². The molecule has 0 radical (unpaired) electrons. The number of aliphatic hydroxyl groups is 1. The van der Waals surface area contributed by atoms with Gasteiger partial charge in [0, 0.05) is 58.5 Å². The number of aliphatic hydroxyl groups excluding tert-OH is 1. The number of piperazine rings is 1. The van der Waals surface area contributed by atoms with E-state index in [9.17, 15) is 9.90 Å². The summed E-state index contributed by atoms with van der Waals surface area (Å²) in [6, 6.07) is 9.01. The van der Waals surface area contributed by atoms with Crippen molar-refractivity contribution in [2.24, 2.45) is 0 Å². The highest BCUT2D eigenvalue weighted by Crippen LogP contribution is 2.20. The molecule has 0 aromatic heterocycles. The van der Waals surface area contributed by atoms with Gasteiger partial charge in [0.2, 0.25) is 5.91 Å². The fraction of sp³-hybridized carbons (Fsp3) is 0.667. The Labute approximate surface area is 161 Å². The minimum atomic E-state index is -0.492. The van der Waals surface area contributed by atoms with Gasteiger partial charge in [-0.2, -0.15) is 0 Å². The van der Waals surface area contributed by atoms with Crippen LogP contribution in [-0.2, 0) is 22.5 Å². The predicted octanol–water partition coefficient (Wildman–Crippen LogP) is 0.729. The first-order chi connectivity index (χ1) is 13.2. The molecule has 148 valence electrons. The fourth-order valence-electron chi connectivity index (χ4n) is 4.60. The van der Waals surface area contributed by atoms with Gasteiger partial charge in [0.05, 0.1) is 12.6 Å². The van der Waals surface area contributed by atoms with Crippen molar-refractivity contribution in [3.8, 4) is 0 Å². The van der Waals surface area contributed by atoms with Crippen molar-refractivity contribution in [2.45, 2.75) is 38.0 Å². The van der Waals surface area contributed by atoms with Crippen molar-refractivity contribution >= 4 is 5.91 Å². The summed E-state index contributed by atoms with van der Waals surface area (Å²) in [5.74, 6) is 0.149. The number of carbonyl (C=O) groups excluding carboxylic acids is 1. The Morgan fingerprint density at radius 1 is 1.04 bits per heavy atom. The molecule has 27 heavy (non-hydrogen) atoms. The molecule has 1 aromatic rings. The van der Waals surface area contributed by atoms with Gasteiger partial charge in [-0.05, 0) is 30.4 Å². The zero-order chi connectivity index (χ0) is 18.6. The first-order valence-corrected chi connectivity index (χ1v) is 10.3. The van der Waals surface area contributed by atoms with Gasteiger partial charge in [-0.1, -0.05) is 24.3 Å². The highest BCUT2D eigenvalue weighted by molar-refractivity contribution is 5.79. The predicted molar refractivity (Wildman–Crippen MR) is 103 cm³/mol. The molecule has 0 saturated carbocycles. The average molecular weight is 373 g/mol. The Morgan fingerprint density at radius 2 is 1.81 bits per heavy atom. The summed E-state index contributed by atoms with van der Waals surface area (Å²) >= 11 is 0. The lowest BCUT2D eigenvalue weighted by atomic mass is 10.00. The SMILES string of the molecule is O=C1CN(C2CCOCC2)CCN1CC(O)CN1CCc2ccccc2C1. The molecule has 1 atom stereocenters. The monoisotopic (exact) mass is 373 g/mol. The molecule has 1 aromatic carbocycles. The number of amides is 1. The number of carbonyl (C=O) groups is 1. The van der Waals surface area contributed by atoms with Crippen molar-refractivity contribution in [2.75, 3.05) is 52.5 Å². The zero-order valence-corrected chi connectivity index (χ0v) is 16.1. The van der Waals surface area contributed by atoms with Crippen LogP contribution in [0.5, 0.6) is 0 Å². The highest BCUT2D eigenvalue weighted by atomic mass is 16.5. The number of hydrogen-bond donors (Lipinski definition) is 1. The maximum atomic E-state index is 12.6. The lowest BCUT2D eigenvalue weighted by molar-refractivity contribution is -0.139. The number of ether oxygens (including phenoxy) is 1. The summed E-state index contributed by atoms with van der Waals surface area (Å²) < 4.78 is 5.43. The number of rotatable bonds is 5. The van der Waals surface area contributed by atoms with E-state index < -0.39 is 6.10 Å². The first kappa shape index (κ1) is 18.9. The second kappa shape index (κ2) is 8.69. The van der Waals surface area contributed by atoms with Gasteiger partial charge < -0.3 is 14.7 Å². The second-order valence-corrected chi connectivity index (χ2v) is 8.06. The van der Waals surface area contributed by atoms with E-state index >= 15 is 0 Å². The molecule has 1 unspecified atom stereocenters. The number of fused-ring (bicyclic) bond motifs is 1. The van der Waals surface area contributed by atoms with E-state index in [0.29, 0.717) is 25.7 Å². The van der Waals surface area contributed by atoms with Crippen molar-refractivity contribution in [1.29, 1.82) is 0 Å². The summed E-state index contributed by atoms with van der Waals surface area (Å²) in [4.78, 5) is 19.0. The van der Waals surface area contributed by atoms with Crippen LogP contribution < -0.4 is 0 Å². The maximum Gasteiger partial charge on any atom is 0.236 e. The van der Waals surface area contributed by atoms with E-state index in [1.165, 1.54) is 11.1 Å². The van der Waals surface area contributed by atoms with Gasteiger partial charge in [-0.25, -0.2) is 0 Å². The molecule has 6 nitrogen and oxygen atoms in total. The van der Waals surface area contributed by atoms with Gasteiger partial charge >= 0.3 is 0 Å². The summed E-state index contributed by atoms with van der Waals surface area (Å²) in [6.45, 7) is 6.64. The standard InChI is InChI=1S/C21H31N3O3/c25-20(14-22-8-5-17-3-1-2-4-18(17)13-22)15-24-10-9-23(16-21(24)26)19-6-11-27-12-7-19/h1-4,19-20,25H,5-16H2. The van der Waals surface area contributed by atoms with Gasteiger partial charge in [0.15, 0.2) is 0 Å². The smallest absolute Gasteiger partial charge is 0.236 e. The molecule has 2 saturated heterocycles. The van der Waals surface area contributed by atoms with Crippen molar-refractivity contribution in [3.05, 3.63) is 35.4 Å². The third kappa shape index (κ3) is 4.69. The molecule has 0 aliphatic carbocycles. The van der Waals surface area contributed by atoms with Crippen LogP contribution >= 0.6 is 0 Å². The maximum absolute atomic E-state index is 12.6. The lowest BCUT2D eigenvalue weighted by Crippen LogP contribution is -2.56. The molecule has 3 heterocycles. The normalized spacial score (nSPS) is 24.0. The van der Waals surface area contributed by atoms with Gasteiger partial charge in [0.1, 0.15) is 0 Å². The Balaban J connectivity index is 1.24. The second-order valence-electron chi connectivity index (χ2n) is 8.06. The Morgan fingerprint density at radius 3 is 2.59 bits per heavy atom. The van der Waals surface area contributed by atoms with Crippen LogP contribution in [-0.4, -0.2) is 90.3 Å². The third-order valence-corrected chi connectivity index (χ3v) is 6.17. The van der Waals surface area contributed by atoms with Crippen molar-refractivity contribution in [3.63, 3.8) is 0 Å². The molecule has 2 fully saturated rings. The quantitative estimate of drug-likeness (QED) is 0.825. The van der Waals surface area contributed by atoms with E-state index in [2.05, 4.69) is 34.1 Å². The molecule has 3 aliphatic heterocycles. The molecule has 1 amide bonds. The molecule has 4 rings (SSSR count). The molecule has 1 N–H and O–H groups in total. The number of nitrogens with zero attached hydrogens (tertiary/aromatic N) is 3. The summed E-state index contributed by atoms with van der Waals surface area (Å²) in [7, 11) is 0. The molecular formula is C21H31N3O3. The number of benzene rings is 1. The van der Waals surface area contributed by atoms with Crippen molar-refractivity contribution < 1.29 is 14.6 Å². The lowest BCUT2D eigenvalue weighted by Gasteiger charge is -2.41. The van der Waals surface area contributed by atoms with Crippen LogP contribution in [0.4, 0.5) is 0 Å². The Bertz CT molecular complexity index is 647. The average Bonchev–Trinajstić information content (AvgIpc) is 2.70. The summed E-state index contributed by atoms with van der Waals surface area (Å²) in [5.41, 5.74) is 2.78. The van der Waals surface area contributed by atoms with Crippen LogP contribution in [0.3, 0.4) is 0 Å². The van der Waals surface area contributed by atoms with Crippen LogP contribution in [0, 0.1) is 0 Å². The largest absolute Gasteiger partial charge is 0.390 e. The van der Waals surface area contributed by atoms with Crippen molar-refractivity contribution in [1.82, 2.24) is 14.7 Å². The molecule has 0 spiro atoms. The topological polar surface area (TPSA) is 56.3 Å². The van der Waals surface area contributed by atoms with Crippen LogP contribution in [0.1, 0.15) is 24.0 Å². The van der Waals surface area contributed by atoms with Gasteiger partial charge in [0.25, 0.3) is 0 Å². The summed E-state index contributed by atoms with van der Waals surface area (Å²) in [5, 5.41) is 10.6. The summed E-state index contributed by atoms with van der Waals surface area (Å²) in [6.07, 6.45) is 2.58. The van der Waals surface area contributed by atoms with Crippen LogP contribution in [0.15, 0.2) is 24.3 Å². The molecular weight excluding hydrogens is 342 g/mol. The third-order valence-electron chi connectivity index (χ3n) is 6.17. The van der Waals surface area contributed by atoms with Gasteiger partial charge in [-0.15, -0.1) is 0 Å². The molecule has 3 aliphatic rings. The Kier molecular flexibility index (Phi) is 6.08. The number of β-amino-alcohol motifs (C(OH)–C–C–N with tert-alkyl or cyclic N) is 1. The molecule has 6 heteroatoms. The van der Waals surface area contributed by atoms with E-state index in [-0.39, 0.29) is 5.91 Å². The zero-order valence-electron chi connectivity index (χ0n) is 16.1. The minimum absolute atomic E-state index is 0.149. The van der Waals surface area contributed by atoms with E-state index in [1.807, 2.05) is 4.90 Å². The number of hydrogen-bond acceptors (Lipinski definition) is 5.